The van der Waals surface area contributed by atoms with Gasteiger partial charge in [-0.25, -0.2) is 5.43 Å². The summed E-state index contributed by atoms with van der Waals surface area (Å²) >= 11 is 0. The van der Waals surface area contributed by atoms with Crippen LogP contribution in [0.1, 0.15) is 5.56 Å². The lowest BCUT2D eigenvalue weighted by Gasteiger charge is -1.99. The number of benzene rings is 1. The zero-order valence-electron chi connectivity index (χ0n) is 12.4. The largest absolute Gasteiger partial charge is 0.327 e. The van der Waals surface area contributed by atoms with Crippen molar-refractivity contribution in [1.82, 2.24) is 24.7 Å². The van der Waals surface area contributed by atoms with Crippen LogP contribution in [0.2, 0.25) is 0 Å². The molecular formula is C16H13N7. The number of rotatable bonds is 3. The number of aryl methyl sites for hydroxylation is 1. The Bertz CT molecular complexity index is 1000. The average Bonchev–Trinajstić information content (AvgIpc) is 2.89. The number of aromatic nitrogens is 5. The van der Waals surface area contributed by atoms with Crippen LogP contribution in [0.25, 0.3) is 22.1 Å². The Hall–Kier alpha value is -3.35. The lowest BCUT2D eigenvalue weighted by Crippen LogP contribution is -2.00. The molecule has 0 spiro atoms. The molecule has 4 aromatic rings. The number of nitrogens with zero attached hydrogens (tertiary/aromatic N) is 6. The third-order valence-corrected chi connectivity index (χ3v) is 3.59. The zero-order valence-corrected chi connectivity index (χ0v) is 12.4. The number of hydrazone groups is 1. The number of anilines is 1. The molecule has 23 heavy (non-hydrogen) atoms. The summed E-state index contributed by atoms with van der Waals surface area (Å²) in [6, 6.07) is 11.7. The Morgan fingerprint density at radius 1 is 1.09 bits per heavy atom. The van der Waals surface area contributed by atoms with E-state index in [9.17, 15) is 0 Å². The minimum absolute atomic E-state index is 0.355. The van der Waals surface area contributed by atoms with Crippen LogP contribution in [0.3, 0.4) is 0 Å². The van der Waals surface area contributed by atoms with E-state index in [1.54, 1.807) is 18.6 Å². The maximum atomic E-state index is 4.50. The Balaban J connectivity index is 1.68. The van der Waals surface area contributed by atoms with Gasteiger partial charge in [-0.3, -0.25) is 4.98 Å². The molecule has 0 atom stereocenters. The van der Waals surface area contributed by atoms with Crippen molar-refractivity contribution in [2.45, 2.75) is 0 Å². The minimum Gasteiger partial charge on any atom is -0.327 e. The van der Waals surface area contributed by atoms with Gasteiger partial charge < -0.3 is 4.57 Å². The second-order valence-electron chi connectivity index (χ2n) is 5.03. The van der Waals surface area contributed by atoms with E-state index >= 15 is 0 Å². The van der Waals surface area contributed by atoms with E-state index < -0.39 is 0 Å². The molecule has 0 unspecified atom stereocenters. The van der Waals surface area contributed by atoms with E-state index in [2.05, 4.69) is 30.7 Å². The summed E-state index contributed by atoms with van der Waals surface area (Å²) in [4.78, 5) is 8.45. The Morgan fingerprint density at radius 3 is 2.78 bits per heavy atom. The van der Waals surface area contributed by atoms with Crippen LogP contribution < -0.4 is 5.43 Å². The van der Waals surface area contributed by atoms with Crippen LogP contribution in [-0.4, -0.2) is 30.9 Å². The molecular weight excluding hydrogens is 290 g/mol. The molecule has 4 rings (SSSR count). The molecule has 3 heterocycles. The highest BCUT2D eigenvalue weighted by Gasteiger charge is 2.11. The van der Waals surface area contributed by atoms with E-state index in [4.69, 9.17) is 0 Å². The fourth-order valence-corrected chi connectivity index (χ4v) is 2.47. The van der Waals surface area contributed by atoms with Crippen LogP contribution in [0.15, 0.2) is 53.9 Å². The summed E-state index contributed by atoms with van der Waals surface area (Å²) in [6.45, 7) is 0. The Labute approximate surface area is 131 Å². The molecule has 7 nitrogen and oxygen atoms in total. The van der Waals surface area contributed by atoms with Gasteiger partial charge in [-0.15, -0.1) is 10.2 Å². The molecule has 1 N–H and O–H groups in total. The molecule has 0 aliphatic heterocycles. The first-order valence-corrected chi connectivity index (χ1v) is 7.10. The van der Waals surface area contributed by atoms with Crippen molar-refractivity contribution in [3.05, 3.63) is 54.4 Å². The van der Waals surface area contributed by atoms with Gasteiger partial charge in [-0.2, -0.15) is 10.1 Å². The number of hydrogen-bond donors (Lipinski definition) is 1. The van der Waals surface area contributed by atoms with Gasteiger partial charge in [-0.1, -0.05) is 18.2 Å². The van der Waals surface area contributed by atoms with E-state index in [1.807, 2.05) is 48.0 Å². The molecule has 0 bridgehead atoms. The fraction of sp³-hybridized carbons (Fsp3) is 0.0625. The SMILES string of the molecule is Cn1c2ccccc2c2nnc(N/N=C\c3ccncc3)nc21. The van der Waals surface area contributed by atoms with Gasteiger partial charge in [0.25, 0.3) is 5.95 Å². The molecule has 7 heteroatoms. The van der Waals surface area contributed by atoms with Gasteiger partial charge in [-0.05, 0) is 23.8 Å². The minimum atomic E-state index is 0.355. The molecule has 0 radical (unpaired) electrons. The summed E-state index contributed by atoms with van der Waals surface area (Å²) in [5, 5.41) is 13.5. The maximum Gasteiger partial charge on any atom is 0.265 e. The van der Waals surface area contributed by atoms with Gasteiger partial charge in [0.1, 0.15) is 5.52 Å². The quantitative estimate of drug-likeness (QED) is 0.464. The standard InChI is InChI=1S/C16H13N7/c1-23-13-5-3-2-4-12(13)14-15(23)19-16(22-20-14)21-18-10-11-6-8-17-9-7-11/h2-10H,1H3,(H,19,21,22)/b18-10-. The first-order chi connectivity index (χ1) is 11.3. The van der Waals surface area contributed by atoms with Crippen molar-refractivity contribution in [3.8, 4) is 0 Å². The monoisotopic (exact) mass is 303 g/mol. The van der Waals surface area contributed by atoms with E-state index in [-0.39, 0.29) is 0 Å². The summed E-state index contributed by atoms with van der Waals surface area (Å²) in [6.07, 6.45) is 5.10. The molecule has 1 aromatic carbocycles. The van der Waals surface area contributed by atoms with Crippen LogP contribution in [-0.2, 0) is 7.05 Å². The molecule has 0 fully saturated rings. The van der Waals surface area contributed by atoms with E-state index in [0.29, 0.717) is 5.95 Å². The summed E-state index contributed by atoms with van der Waals surface area (Å²) in [5.74, 6) is 0.355. The van der Waals surface area contributed by atoms with Crippen molar-refractivity contribution < 1.29 is 0 Å². The van der Waals surface area contributed by atoms with Crippen LogP contribution >= 0.6 is 0 Å². The fourth-order valence-electron chi connectivity index (χ4n) is 2.47. The third kappa shape index (κ3) is 2.38. The first kappa shape index (κ1) is 13.3. The molecule has 112 valence electrons. The lowest BCUT2D eigenvalue weighted by molar-refractivity contribution is 0.949. The molecule has 0 saturated carbocycles. The van der Waals surface area contributed by atoms with Crippen LogP contribution in [0.5, 0.6) is 0 Å². The number of pyridine rings is 1. The lowest BCUT2D eigenvalue weighted by atomic mass is 10.2. The average molecular weight is 303 g/mol. The Kier molecular flexibility index (Phi) is 3.16. The molecule has 0 aliphatic carbocycles. The maximum absolute atomic E-state index is 4.50. The smallest absolute Gasteiger partial charge is 0.265 e. The van der Waals surface area contributed by atoms with Gasteiger partial charge in [0, 0.05) is 24.8 Å². The number of hydrogen-bond acceptors (Lipinski definition) is 6. The molecule has 3 aromatic heterocycles. The highest BCUT2D eigenvalue weighted by Crippen LogP contribution is 2.24. The highest BCUT2D eigenvalue weighted by atomic mass is 15.4. The topological polar surface area (TPSA) is 80.9 Å². The van der Waals surface area contributed by atoms with Crippen LogP contribution in [0.4, 0.5) is 5.95 Å². The van der Waals surface area contributed by atoms with Crippen molar-refractivity contribution >= 4 is 34.2 Å². The van der Waals surface area contributed by atoms with Crippen molar-refractivity contribution in [2.75, 3.05) is 5.43 Å². The van der Waals surface area contributed by atoms with E-state index in [0.717, 1.165) is 27.6 Å². The second-order valence-corrected chi connectivity index (χ2v) is 5.03. The molecule has 0 saturated heterocycles. The van der Waals surface area contributed by atoms with Crippen LogP contribution in [0, 0.1) is 0 Å². The van der Waals surface area contributed by atoms with Gasteiger partial charge in [0.15, 0.2) is 5.65 Å². The van der Waals surface area contributed by atoms with Crippen molar-refractivity contribution in [3.63, 3.8) is 0 Å². The number of fused-ring (bicyclic) bond motifs is 3. The summed E-state index contributed by atoms with van der Waals surface area (Å²) in [7, 11) is 1.96. The summed E-state index contributed by atoms with van der Waals surface area (Å²) in [5.41, 5.74) is 6.37. The predicted molar refractivity (Wildman–Crippen MR) is 89.3 cm³/mol. The molecule has 0 aliphatic rings. The Morgan fingerprint density at radius 2 is 1.91 bits per heavy atom. The van der Waals surface area contributed by atoms with Crippen molar-refractivity contribution in [1.29, 1.82) is 0 Å². The summed E-state index contributed by atoms with van der Waals surface area (Å²) < 4.78 is 2.00. The number of nitrogens with one attached hydrogen (secondary N) is 1. The normalized spacial score (nSPS) is 11.5. The van der Waals surface area contributed by atoms with Gasteiger partial charge in [0.2, 0.25) is 0 Å². The van der Waals surface area contributed by atoms with Gasteiger partial charge >= 0.3 is 0 Å². The predicted octanol–water partition coefficient (Wildman–Crippen LogP) is 2.36. The molecule has 0 amide bonds. The van der Waals surface area contributed by atoms with E-state index in [1.165, 1.54) is 0 Å². The zero-order chi connectivity index (χ0) is 15.6. The highest BCUT2D eigenvalue weighted by molar-refractivity contribution is 6.04. The number of para-hydroxylation sites is 1. The first-order valence-electron chi connectivity index (χ1n) is 7.10. The van der Waals surface area contributed by atoms with Crippen molar-refractivity contribution in [2.24, 2.45) is 12.1 Å². The third-order valence-electron chi connectivity index (χ3n) is 3.59. The van der Waals surface area contributed by atoms with Gasteiger partial charge in [0.05, 0.1) is 11.7 Å². The second kappa shape index (κ2) is 5.45.